The fourth-order valence-corrected chi connectivity index (χ4v) is 1.69. The molecular weight excluding hydrogens is 172 g/mol. The average molecular weight is 186 g/mol. The predicted octanol–water partition coefficient (Wildman–Crippen LogP) is 0.945. The molecule has 1 aromatic heterocycles. The lowest BCUT2D eigenvalue weighted by atomic mass is 9.88. The zero-order valence-corrected chi connectivity index (χ0v) is 8.14. The van der Waals surface area contributed by atoms with Crippen molar-refractivity contribution < 1.29 is 5.11 Å². The summed E-state index contributed by atoms with van der Waals surface area (Å²) in [6.07, 6.45) is 0. The minimum absolute atomic E-state index is 0.0876. The fraction of sp³-hybridized carbons (Fsp3) is 0.625. The Morgan fingerprint density at radius 3 is 2.75 bits per heavy atom. The molecule has 68 valence electrons. The van der Waals surface area contributed by atoms with Gasteiger partial charge in [-0.1, -0.05) is 13.8 Å². The Balaban J connectivity index is 2.96. The molecule has 0 aliphatic carbocycles. The molecule has 1 atom stereocenters. The first kappa shape index (κ1) is 9.64. The Bertz CT molecular complexity index is 235. The minimum atomic E-state index is -0.958. The van der Waals surface area contributed by atoms with Crippen molar-refractivity contribution >= 4 is 11.3 Å². The van der Waals surface area contributed by atoms with Gasteiger partial charge in [0.05, 0.1) is 11.2 Å². The molecule has 0 aliphatic heterocycles. The van der Waals surface area contributed by atoms with Gasteiger partial charge in [-0.3, -0.25) is 0 Å². The summed E-state index contributed by atoms with van der Waals surface area (Å²) < 4.78 is 0. The van der Waals surface area contributed by atoms with E-state index in [0.29, 0.717) is 5.69 Å². The third-order valence-electron chi connectivity index (χ3n) is 2.14. The number of nitrogens with zero attached hydrogens (tertiary/aromatic N) is 1. The van der Waals surface area contributed by atoms with E-state index < -0.39 is 5.60 Å². The van der Waals surface area contributed by atoms with Crippen LogP contribution >= 0.6 is 11.3 Å². The van der Waals surface area contributed by atoms with Crippen LogP contribution in [0.2, 0.25) is 0 Å². The predicted molar refractivity (Wildman–Crippen MR) is 49.9 cm³/mol. The SMILES string of the molecule is CC(C)C(O)(CN)c1cscn1. The third-order valence-corrected chi connectivity index (χ3v) is 2.73. The maximum atomic E-state index is 10.1. The van der Waals surface area contributed by atoms with E-state index in [9.17, 15) is 5.11 Å². The lowest BCUT2D eigenvalue weighted by molar-refractivity contribution is -0.00466. The molecule has 0 aromatic carbocycles. The van der Waals surface area contributed by atoms with Gasteiger partial charge in [0.2, 0.25) is 0 Å². The van der Waals surface area contributed by atoms with Crippen molar-refractivity contribution in [1.29, 1.82) is 0 Å². The summed E-state index contributed by atoms with van der Waals surface area (Å²) in [5.74, 6) is 0.0876. The second-order valence-corrected chi connectivity index (χ2v) is 3.88. The van der Waals surface area contributed by atoms with Gasteiger partial charge in [0.15, 0.2) is 0 Å². The van der Waals surface area contributed by atoms with Gasteiger partial charge < -0.3 is 10.8 Å². The lowest BCUT2D eigenvalue weighted by Gasteiger charge is -2.28. The lowest BCUT2D eigenvalue weighted by Crippen LogP contribution is -2.40. The molecule has 1 aromatic rings. The number of aromatic nitrogens is 1. The molecular formula is C8H14N2OS. The zero-order valence-electron chi connectivity index (χ0n) is 7.32. The van der Waals surface area contributed by atoms with Crippen molar-refractivity contribution in [3.63, 3.8) is 0 Å². The fourth-order valence-electron chi connectivity index (χ4n) is 1.06. The summed E-state index contributed by atoms with van der Waals surface area (Å²) in [5.41, 5.74) is 6.95. The van der Waals surface area contributed by atoms with Crippen molar-refractivity contribution in [3.8, 4) is 0 Å². The van der Waals surface area contributed by atoms with E-state index in [-0.39, 0.29) is 12.5 Å². The van der Waals surface area contributed by atoms with Crippen molar-refractivity contribution in [2.75, 3.05) is 6.54 Å². The number of hydrogen-bond acceptors (Lipinski definition) is 4. The first-order chi connectivity index (χ1) is 5.61. The molecule has 0 radical (unpaired) electrons. The second kappa shape index (κ2) is 3.51. The molecule has 0 aliphatic rings. The molecule has 1 rings (SSSR count). The van der Waals surface area contributed by atoms with Crippen molar-refractivity contribution in [2.24, 2.45) is 11.7 Å². The van der Waals surface area contributed by atoms with E-state index in [4.69, 9.17) is 5.73 Å². The first-order valence-corrected chi connectivity index (χ1v) is 4.86. The van der Waals surface area contributed by atoms with Crippen LogP contribution < -0.4 is 5.73 Å². The molecule has 0 amide bonds. The topological polar surface area (TPSA) is 59.1 Å². The van der Waals surface area contributed by atoms with Crippen LogP contribution in [0, 0.1) is 5.92 Å². The quantitative estimate of drug-likeness (QED) is 0.738. The largest absolute Gasteiger partial charge is 0.382 e. The van der Waals surface area contributed by atoms with Gasteiger partial charge in [-0.05, 0) is 5.92 Å². The third kappa shape index (κ3) is 1.50. The maximum absolute atomic E-state index is 10.1. The molecule has 0 bridgehead atoms. The smallest absolute Gasteiger partial charge is 0.122 e. The summed E-state index contributed by atoms with van der Waals surface area (Å²) >= 11 is 1.47. The van der Waals surface area contributed by atoms with Crippen molar-refractivity contribution in [2.45, 2.75) is 19.4 Å². The van der Waals surface area contributed by atoms with E-state index in [0.717, 1.165) is 0 Å². The standard InChI is InChI=1S/C8H14N2OS/c1-6(2)8(11,4-9)7-3-12-5-10-7/h3,5-6,11H,4,9H2,1-2H3. The van der Waals surface area contributed by atoms with E-state index in [1.54, 1.807) is 5.51 Å². The highest BCUT2D eigenvalue weighted by Crippen LogP contribution is 2.27. The van der Waals surface area contributed by atoms with Crippen LogP contribution in [0.5, 0.6) is 0 Å². The minimum Gasteiger partial charge on any atom is -0.382 e. The van der Waals surface area contributed by atoms with Gasteiger partial charge >= 0.3 is 0 Å². The highest BCUT2D eigenvalue weighted by Gasteiger charge is 2.33. The highest BCUT2D eigenvalue weighted by atomic mass is 32.1. The summed E-state index contributed by atoms with van der Waals surface area (Å²) in [4.78, 5) is 4.07. The van der Waals surface area contributed by atoms with Crippen LogP contribution in [0.4, 0.5) is 0 Å². The monoisotopic (exact) mass is 186 g/mol. The first-order valence-electron chi connectivity index (χ1n) is 3.92. The number of thiazole rings is 1. The molecule has 1 unspecified atom stereocenters. The van der Waals surface area contributed by atoms with E-state index in [1.807, 2.05) is 19.2 Å². The van der Waals surface area contributed by atoms with Crippen LogP contribution in [0.1, 0.15) is 19.5 Å². The van der Waals surface area contributed by atoms with Gasteiger partial charge in [-0.2, -0.15) is 0 Å². The Morgan fingerprint density at radius 2 is 2.42 bits per heavy atom. The molecule has 3 nitrogen and oxygen atoms in total. The molecule has 0 saturated heterocycles. The number of nitrogens with two attached hydrogens (primary N) is 1. The molecule has 1 heterocycles. The van der Waals surface area contributed by atoms with Crippen LogP contribution in [-0.2, 0) is 5.60 Å². The van der Waals surface area contributed by atoms with E-state index in [1.165, 1.54) is 11.3 Å². The molecule has 0 fully saturated rings. The summed E-state index contributed by atoms with van der Waals surface area (Å²) in [6.45, 7) is 4.09. The average Bonchev–Trinajstić information content (AvgIpc) is 2.54. The number of rotatable bonds is 3. The van der Waals surface area contributed by atoms with Gasteiger partial charge in [0.25, 0.3) is 0 Å². The van der Waals surface area contributed by atoms with E-state index in [2.05, 4.69) is 4.98 Å². The van der Waals surface area contributed by atoms with Gasteiger partial charge in [0.1, 0.15) is 5.60 Å². The van der Waals surface area contributed by atoms with Crippen LogP contribution in [0.15, 0.2) is 10.9 Å². The molecule has 0 saturated carbocycles. The molecule has 12 heavy (non-hydrogen) atoms. The van der Waals surface area contributed by atoms with Crippen LogP contribution in [-0.4, -0.2) is 16.6 Å². The van der Waals surface area contributed by atoms with Gasteiger partial charge in [-0.25, -0.2) is 4.98 Å². The van der Waals surface area contributed by atoms with Gasteiger partial charge in [0, 0.05) is 11.9 Å². The zero-order chi connectivity index (χ0) is 9.19. The van der Waals surface area contributed by atoms with Crippen LogP contribution in [0.25, 0.3) is 0 Å². The molecule has 0 spiro atoms. The highest BCUT2D eigenvalue weighted by molar-refractivity contribution is 7.07. The van der Waals surface area contributed by atoms with E-state index >= 15 is 0 Å². The number of aliphatic hydroxyl groups is 1. The summed E-state index contributed by atoms with van der Waals surface area (Å²) in [6, 6.07) is 0. The Labute approximate surface area is 76.3 Å². The Morgan fingerprint density at radius 1 is 1.75 bits per heavy atom. The normalized spacial score (nSPS) is 16.4. The van der Waals surface area contributed by atoms with Gasteiger partial charge in [-0.15, -0.1) is 11.3 Å². The maximum Gasteiger partial charge on any atom is 0.122 e. The molecule has 4 heteroatoms. The Hall–Kier alpha value is -0.450. The Kier molecular flexibility index (Phi) is 2.82. The second-order valence-electron chi connectivity index (χ2n) is 3.16. The number of hydrogen-bond donors (Lipinski definition) is 2. The van der Waals surface area contributed by atoms with Crippen LogP contribution in [0.3, 0.4) is 0 Å². The van der Waals surface area contributed by atoms with Crippen molar-refractivity contribution in [3.05, 3.63) is 16.6 Å². The summed E-state index contributed by atoms with van der Waals surface area (Å²) in [7, 11) is 0. The summed E-state index contributed by atoms with van der Waals surface area (Å²) in [5, 5.41) is 11.9. The van der Waals surface area contributed by atoms with Crippen molar-refractivity contribution in [1.82, 2.24) is 4.98 Å². The molecule has 3 N–H and O–H groups in total.